The Hall–Kier alpha value is -2.70. The van der Waals surface area contributed by atoms with Gasteiger partial charge in [-0.3, -0.25) is 4.79 Å². The molecule has 0 radical (unpaired) electrons. The van der Waals surface area contributed by atoms with Crippen LogP contribution in [0.15, 0.2) is 48.8 Å². The summed E-state index contributed by atoms with van der Waals surface area (Å²) < 4.78 is 0. The van der Waals surface area contributed by atoms with Gasteiger partial charge < -0.3 is 21.1 Å². The minimum absolute atomic E-state index is 0.412. The molecule has 0 saturated heterocycles. The van der Waals surface area contributed by atoms with Crippen LogP contribution in [0, 0.1) is 0 Å². The van der Waals surface area contributed by atoms with Crippen LogP contribution in [0.5, 0.6) is 0 Å². The van der Waals surface area contributed by atoms with Crippen molar-refractivity contribution in [2.45, 2.75) is 19.1 Å². The number of benzene rings is 1. The fourth-order valence-electron chi connectivity index (χ4n) is 2.39. The van der Waals surface area contributed by atoms with E-state index >= 15 is 0 Å². The van der Waals surface area contributed by atoms with Crippen LogP contribution in [0.25, 0.3) is 22.2 Å². The molecule has 0 fully saturated rings. The third-order valence-electron chi connectivity index (χ3n) is 3.75. The van der Waals surface area contributed by atoms with Crippen molar-refractivity contribution in [1.82, 2.24) is 9.97 Å². The smallest absolute Gasteiger partial charge is 0.243 e. The number of rotatable bonds is 4. The second kappa shape index (κ2) is 6.20. The number of pyridine rings is 1. The third kappa shape index (κ3) is 3.08. The highest BCUT2D eigenvalue weighted by molar-refractivity contribution is 5.96. The molecular formula is C17H18N4O2. The van der Waals surface area contributed by atoms with Crippen molar-refractivity contribution >= 4 is 22.6 Å². The number of nitrogens with one attached hydrogen (secondary N) is 2. The molecule has 23 heavy (non-hydrogen) atoms. The number of carbonyl (C=O) groups excluding carboxylic acids is 1. The summed E-state index contributed by atoms with van der Waals surface area (Å²) in [4.78, 5) is 19.2. The molecule has 0 aliphatic carbocycles. The number of hydrogen-bond donors (Lipinski definition) is 4. The molecule has 2 heterocycles. The van der Waals surface area contributed by atoms with Gasteiger partial charge >= 0.3 is 0 Å². The number of fused-ring (bicyclic) bond motifs is 1. The Morgan fingerprint density at radius 3 is 2.70 bits per heavy atom. The third-order valence-corrected chi connectivity index (χ3v) is 3.75. The molecule has 1 amide bonds. The highest BCUT2D eigenvalue weighted by atomic mass is 16.3. The molecule has 2 aromatic heterocycles. The van der Waals surface area contributed by atoms with E-state index in [1.165, 1.54) is 6.92 Å². The molecule has 5 N–H and O–H groups in total. The first-order chi connectivity index (χ1) is 11.1. The van der Waals surface area contributed by atoms with E-state index in [2.05, 4.69) is 15.3 Å². The van der Waals surface area contributed by atoms with Crippen molar-refractivity contribution < 1.29 is 9.90 Å². The van der Waals surface area contributed by atoms with Gasteiger partial charge in [0.1, 0.15) is 11.7 Å². The number of anilines is 1. The number of aromatic nitrogens is 2. The molecule has 0 aliphatic heterocycles. The molecular weight excluding hydrogens is 292 g/mol. The molecule has 6 nitrogen and oxygen atoms in total. The van der Waals surface area contributed by atoms with Crippen LogP contribution in [-0.4, -0.2) is 33.1 Å². The Morgan fingerprint density at radius 2 is 2.00 bits per heavy atom. The number of nitrogens with two attached hydrogens (primary N) is 1. The number of aliphatic hydroxyl groups excluding tert-OH is 1. The van der Waals surface area contributed by atoms with E-state index in [1.54, 1.807) is 18.3 Å². The zero-order valence-corrected chi connectivity index (χ0v) is 12.7. The van der Waals surface area contributed by atoms with Crippen LogP contribution < -0.4 is 11.1 Å². The van der Waals surface area contributed by atoms with E-state index < -0.39 is 18.1 Å². The van der Waals surface area contributed by atoms with Crippen LogP contribution in [0.1, 0.15) is 6.92 Å². The molecule has 0 aliphatic rings. The summed E-state index contributed by atoms with van der Waals surface area (Å²) in [5.74, 6) is -0.412. The highest BCUT2D eigenvalue weighted by Gasteiger charge is 2.18. The van der Waals surface area contributed by atoms with Gasteiger partial charge in [0, 0.05) is 23.5 Å². The van der Waals surface area contributed by atoms with Crippen LogP contribution >= 0.6 is 0 Å². The van der Waals surface area contributed by atoms with E-state index in [-0.39, 0.29) is 0 Å². The van der Waals surface area contributed by atoms with Crippen LogP contribution in [-0.2, 0) is 4.79 Å². The Morgan fingerprint density at radius 1 is 1.26 bits per heavy atom. The fourth-order valence-corrected chi connectivity index (χ4v) is 2.39. The quantitative estimate of drug-likeness (QED) is 0.590. The van der Waals surface area contributed by atoms with E-state index in [0.717, 1.165) is 22.2 Å². The van der Waals surface area contributed by atoms with Gasteiger partial charge in [-0.05, 0) is 42.3 Å². The van der Waals surface area contributed by atoms with Crippen LogP contribution in [0.3, 0.4) is 0 Å². The summed E-state index contributed by atoms with van der Waals surface area (Å²) in [6.45, 7) is 1.49. The van der Waals surface area contributed by atoms with Gasteiger partial charge in [0.25, 0.3) is 0 Å². The van der Waals surface area contributed by atoms with E-state index in [9.17, 15) is 9.90 Å². The van der Waals surface area contributed by atoms with Crippen molar-refractivity contribution in [3.8, 4) is 11.1 Å². The van der Waals surface area contributed by atoms with Gasteiger partial charge in [-0.15, -0.1) is 0 Å². The largest absolute Gasteiger partial charge is 0.391 e. The normalized spacial score (nSPS) is 13.7. The monoisotopic (exact) mass is 310 g/mol. The Kier molecular flexibility index (Phi) is 4.10. The number of nitrogens with zero attached hydrogens (tertiary/aromatic N) is 1. The number of aromatic amines is 1. The molecule has 1 unspecified atom stereocenters. The van der Waals surface area contributed by atoms with E-state index in [4.69, 9.17) is 5.73 Å². The topological polar surface area (TPSA) is 104 Å². The average molecular weight is 310 g/mol. The molecule has 0 bridgehead atoms. The lowest BCUT2D eigenvalue weighted by Gasteiger charge is -2.14. The first kappa shape index (κ1) is 15.2. The van der Waals surface area contributed by atoms with Gasteiger partial charge in [0.15, 0.2) is 0 Å². The number of aliphatic hydroxyl groups is 1. The van der Waals surface area contributed by atoms with Crippen molar-refractivity contribution in [3.63, 3.8) is 0 Å². The van der Waals surface area contributed by atoms with Crippen molar-refractivity contribution in [3.05, 3.63) is 48.8 Å². The summed E-state index contributed by atoms with van der Waals surface area (Å²) in [5.41, 5.74) is 9.16. The summed E-state index contributed by atoms with van der Waals surface area (Å²) >= 11 is 0. The Balaban J connectivity index is 1.83. The lowest BCUT2D eigenvalue weighted by molar-refractivity contribution is -0.119. The van der Waals surface area contributed by atoms with Crippen LogP contribution in [0.4, 0.5) is 5.69 Å². The average Bonchev–Trinajstić information content (AvgIpc) is 3.03. The first-order valence-corrected chi connectivity index (χ1v) is 7.33. The Bertz CT molecular complexity index is 824. The van der Waals surface area contributed by atoms with E-state index in [0.29, 0.717) is 5.69 Å². The van der Waals surface area contributed by atoms with Crippen molar-refractivity contribution in [2.75, 3.05) is 5.32 Å². The summed E-state index contributed by atoms with van der Waals surface area (Å²) in [6, 6.07) is 10.4. The second-order valence-corrected chi connectivity index (χ2v) is 5.43. The zero-order chi connectivity index (χ0) is 16.4. The lowest BCUT2D eigenvalue weighted by Crippen LogP contribution is -2.43. The number of H-pyrrole nitrogens is 1. The molecule has 3 aromatic rings. The maximum Gasteiger partial charge on any atom is 0.243 e. The highest BCUT2D eigenvalue weighted by Crippen LogP contribution is 2.27. The van der Waals surface area contributed by atoms with Gasteiger partial charge in [0.05, 0.1) is 6.10 Å². The molecule has 3 rings (SSSR count). The number of hydrogen-bond acceptors (Lipinski definition) is 4. The summed E-state index contributed by atoms with van der Waals surface area (Å²) in [7, 11) is 0. The summed E-state index contributed by atoms with van der Waals surface area (Å²) in [6.07, 6.45) is 2.71. The predicted octanol–water partition coefficient (Wildman–Crippen LogP) is 1.88. The Labute approximate surface area is 133 Å². The molecule has 6 heteroatoms. The van der Waals surface area contributed by atoms with Crippen molar-refractivity contribution in [1.29, 1.82) is 0 Å². The van der Waals surface area contributed by atoms with Gasteiger partial charge in [-0.25, -0.2) is 4.98 Å². The summed E-state index contributed by atoms with van der Waals surface area (Å²) in [5, 5.41) is 13.1. The van der Waals surface area contributed by atoms with Gasteiger partial charge in [-0.1, -0.05) is 12.1 Å². The fraction of sp³-hybridized carbons (Fsp3) is 0.176. The minimum atomic E-state index is -0.950. The number of carbonyl (C=O) groups is 1. The van der Waals surface area contributed by atoms with Crippen molar-refractivity contribution in [2.24, 2.45) is 5.73 Å². The SMILES string of the molecule is CC(O)[C@@H](N)C(=O)Nc1ccc(-c2ccnc3[nH]ccc23)cc1. The zero-order valence-electron chi connectivity index (χ0n) is 12.7. The van der Waals surface area contributed by atoms with Crippen LogP contribution in [0.2, 0.25) is 0 Å². The number of amides is 1. The molecule has 1 aromatic carbocycles. The molecule has 118 valence electrons. The lowest BCUT2D eigenvalue weighted by atomic mass is 10.0. The molecule has 0 saturated carbocycles. The maximum absolute atomic E-state index is 11.8. The first-order valence-electron chi connectivity index (χ1n) is 7.33. The molecule has 0 spiro atoms. The maximum atomic E-state index is 11.8. The van der Waals surface area contributed by atoms with Gasteiger partial charge in [0.2, 0.25) is 5.91 Å². The predicted molar refractivity (Wildman–Crippen MR) is 89.8 cm³/mol. The molecule has 2 atom stereocenters. The van der Waals surface area contributed by atoms with Gasteiger partial charge in [-0.2, -0.15) is 0 Å². The van der Waals surface area contributed by atoms with E-state index in [1.807, 2.05) is 30.5 Å². The minimum Gasteiger partial charge on any atom is -0.391 e. The second-order valence-electron chi connectivity index (χ2n) is 5.43. The standard InChI is InChI=1S/C17H18N4O2/c1-10(22)15(18)17(23)21-12-4-2-11(3-5-12)13-6-8-19-16-14(13)7-9-20-16/h2-10,15,22H,18H2,1H3,(H,19,20)(H,21,23)/t10?,15-/m1/s1.